The molecule has 1 aromatic carbocycles. The average Bonchev–Trinajstić information content (AvgIpc) is 2.76. The summed E-state index contributed by atoms with van der Waals surface area (Å²) < 4.78 is 4.74. The van der Waals surface area contributed by atoms with Gasteiger partial charge in [-0.1, -0.05) is 18.2 Å². The lowest BCUT2D eigenvalue weighted by molar-refractivity contribution is 0.0599. The number of rotatable bonds is 3. The van der Waals surface area contributed by atoms with Gasteiger partial charge < -0.3 is 15.0 Å². The molecule has 5 nitrogen and oxygen atoms in total. The summed E-state index contributed by atoms with van der Waals surface area (Å²) in [5.74, 6) is -0.726. The largest absolute Gasteiger partial charge is 0.465 e. The van der Waals surface area contributed by atoms with Crippen molar-refractivity contribution < 1.29 is 14.3 Å². The number of benzene rings is 1. The van der Waals surface area contributed by atoms with Gasteiger partial charge in [0.05, 0.1) is 12.7 Å². The van der Waals surface area contributed by atoms with Crippen LogP contribution in [-0.2, 0) is 4.74 Å². The highest BCUT2D eigenvalue weighted by atomic mass is 16.5. The zero-order valence-corrected chi connectivity index (χ0v) is 12.5. The Morgan fingerprint density at radius 2 is 1.81 bits per heavy atom. The van der Waals surface area contributed by atoms with E-state index in [-0.39, 0.29) is 5.91 Å². The molecule has 0 saturated heterocycles. The van der Waals surface area contributed by atoms with Crippen LogP contribution in [-0.4, -0.2) is 24.0 Å². The lowest BCUT2D eigenvalue weighted by Crippen LogP contribution is -2.14. The third-order valence-electron chi connectivity index (χ3n) is 3.45. The summed E-state index contributed by atoms with van der Waals surface area (Å²) in [5.41, 5.74) is 3.71. The number of anilines is 1. The van der Waals surface area contributed by atoms with Crippen LogP contribution in [0.25, 0.3) is 0 Å². The van der Waals surface area contributed by atoms with Crippen LogP contribution in [0.15, 0.2) is 24.3 Å². The van der Waals surface area contributed by atoms with Crippen LogP contribution >= 0.6 is 0 Å². The number of hydrogen-bond donors (Lipinski definition) is 2. The van der Waals surface area contributed by atoms with Crippen LogP contribution in [0.1, 0.15) is 37.7 Å². The number of carbonyl (C=O) groups excluding carboxylic acids is 2. The summed E-state index contributed by atoms with van der Waals surface area (Å²) in [6.07, 6.45) is 0. The Morgan fingerprint density at radius 1 is 1.14 bits per heavy atom. The van der Waals surface area contributed by atoms with E-state index in [0.717, 1.165) is 11.3 Å². The molecule has 0 aliphatic carbocycles. The van der Waals surface area contributed by atoms with Gasteiger partial charge in [-0.25, -0.2) is 4.79 Å². The highest BCUT2D eigenvalue weighted by Gasteiger charge is 2.22. The van der Waals surface area contributed by atoms with E-state index in [1.54, 1.807) is 13.8 Å². The number of carbonyl (C=O) groups is 2. The molecule has 0 aliphatic heterocycles. The molecule has 1 heterocycles. The fraction of sp³-hybridized carbons (Fsp3) is 0.250. The minimum absolute atomic E-state index is 0.278. The number of aryl methyl sites for hydroxylation is 2. The van der Waals surface area contributed by atoms with Gasteiger partial charge in [-0.3, -0.25) is 4.79 Å². The quantitative estimate of drug-likeness (QED) is 0.852. The molecule has 0 atom stereocenters. The van der Waals surface area contributed by atoms with E-state index in [1.165, 1.54) is 7.11 Å². The van der Waals surface area contributed by atoms with Crippen molar-refractivity contribution in [2.24, 2.45) is 0 Å². The van der Waals surface area contributed by atoms with E-state index < -0.39 is 5.97 Å². The van der Waals surface area contributed by atoms with Crippen molar-refractivity contribution in [3.05, 3.63) is 52.3 Å². The van der Waals surface area contributed by atoms with Gasteiger partial charge in [0.25, 0.3) is 5.91 Å². The van der Waals surface area contributed by atoms with Gasteiger partial charge in [-0.2, -0.15) is 0 Å². The Kier molecular flexibility index (Phi) is 4.12. The first-order chi connectivity index (χ1) is 9.95. The summed E-state index contributed by atoms with van der Waals surface area (Å²) in [6.45, 7) is 5.38. The fourth-order valence-electron chi connectivity index (χ4n) is 2.28. The number of hydrogen-bond acceptors (Lipinski definition) is 3. The molecule has 2 N–H and O–H groups in total. The smallest absolute Gasteiger partial charge is 0.339 e. The van der Waals surface area contributed by atoms with Crippen LogP contribution < -0.4 is 5.32 Å². The molecular weight excluding hydrogens is 268 g/mol. The van der Waals surface area contributed by atoms with Gasteiger partial charge >= 0.3 is 5.97 Å². The number of nitrogens with one attached hydrogen (secondary N) is 2. The van der Waals surface area contributed by atoms with E-state index in [1.807, 2.05) is 31.2 Å². The summed E-state index contributed by atoms with van der Waals surface area (Å²) >= 11 is 0. The third-order valence-corrected chi connectivity index (χ3v) is 3.45. The predicted octanol–water partition coefficient (Wildman–Crippen LogP) is 2.98. The maximum atomic E-state index is 12.4. The molecule has 0 aliphatic rings. The minimum atomic E-state index is -0.448. The standard InChI is InChI=1S/C16H18N2O3/c1-9-7-5-6-8-12(9)18-15(19)14-10(2)13(11(3)17-14)16(20)21-4/h5-8,17H,1-4H3,(H,18,19). The second kappa shape index (κ2) is 5.83. The summed E-state index contributed by atoms with van der Waals surface area (Å²) in [7, 11) is 1.32. The summed E-state index contributed by atoms with van der Waals surface area (Å²) in [5, 5.41) is 2.84. The monoisotopic (exact) mass is 286 g/mol. The molecule has 2 rings (SSSR count). The maximum Gasteiger partial charge on any atom is 0.339 e. The fourth-order valence-corrected chi connectivity index (χ4v) is 2.28. The van der Waals surface area contributed by atoms with E-state index in [2.05, 4.69) is 10.3 Å². The number of H-pyrrole nitrogens is 1. The highest BCUT2D eigenvalue weighted by molar-refractivity contribution is 6.07. The molecular formula is C16H18N2O3. The van der Waals surface area contributed by atoms with Gasteiger partial charge in [0.1, 0.15) is 5.69 Å². The van der Waals surface area contributed by atoms with Crippen molar-refractivity contribution in [2.75, 3.05) is 12.4 Å². The first-order valence-corrected chi connectivity index (χ1v) is 6.60. The van der Waals surface area contributed by atoms with Gasteiger partial charge in [-0.05, 0) is 38.0 Å². The Hall–Kier alpha value is -2.56. The van der Waals surface area contributed by atoms with E-state index in [4.69, 9.17) is 4.74 Å². The molecule has 110 valence electrons. The minimum Gasteiger partial charge on any atom is -0.465 e. The topological polar surface area (TPSA) is 71.2 Å². The number of esters is 1. The lowest BCUT2D eigenvalue weighted by Gasteiger charge is -2.07. The van der Waals surface area contributed by atoms with Gasteiger partial charge in [-0.15, -0.1) is 0 Å². The molecule has 0 saturated carbocycles. The molecule has 2 aromatic rings. The molecule has 0 spiro atoms. The first-order valence-electron chi connectivity index (χ1n) is 6.60. The molecule has 1 amide bonds. The van der Waals surface area contributed by atoms with Crippen molar-refractivity contribution in [2.45, 2.75) is 20.8 Å². The molecule has 0 radical (unpaired) electrons. The number of aromatic amines is 1. The van der Waals surface area contributed by atoms with E-state index in [0.29, 0.717) is 22.5 Å². The lowest BCUT2D eigenvalue weighted by atomic mass is 10.1. The Labute approximate surface area is 123 Å². The van der Waals surface area contributed by atoms with Crippen molar-refractivity contribution in [1.29, 1.82) is 0 Å². The van der Waals surface area contributed by atoms with Crippen molar-refractivity contribution in [3.63, 3.8) is 0 Å². The van der Waals surface area contributed by atoms with Crippen LogP contribution in [0, 0.1) is 20.8 Å². The molecule has 0 fully saturated rings. The SMILES string of the molecule is COC(=O)c1c(C)[nH]c(C(=O)Nc2ccccc2C)c1C. The van der Waals surface area contributed by atoms with Gasteiger partial charge in [0.2, 0.25) is 0 Å². The number of amides is 1. The number of para-hydroxylation sites is 1. The summed E-state index contributed by atoms with van der Waals surface area (Å²) in [4.78, 5) is 27.1. The van der Waals surface area contributed by atoms with Gasteiger partial charge in [0, 0.05) is 11.4 Å². The van der Waals surface area contributed by atoms with Crippen LogP contribution in [0.4, 0.5) is 5.69 Å². The number of aromatic nitrogens is 1. The molecule has 1 aromatic heterocycles. The summed E-state index contributed by atoms with van der Waals surface area (Å²) in [6, 6.07) is 7.52. The van der Waals surface area contributed by atoms with E-state index >= 15 is 0 Å². The zero-order chi connectivity index (χ0) is 15.6. The van der Waals surface area contributed by atoms with E-state index in [9.17, 15) is 9.59 Å². The molecule has 0 bridgehead atoms. The van der Waals surface area contributed by atoms with Crippen LogP contribution in [0.5, 0.6) is 0 Å². The van der Waals surface area contributed by atoms with Gasteiger partial charge in [0.15, 0.2) is 0 Å². The number of ether oxygens (including phenoxy) is 1. The number of methoxy groups -OCH3 is 1. The zero-order valence-electron chi connectivity index (χ0n) is 12.5. The molecule has 21 heavy (non-hydrogen) atoms. The van der Waals surface area contributed by atoms with Crippen molar-refractivity contribution in [3.8, 4) is 0 Å². The highest BCUT2D eigenvalue weighted by Crippen LogP contribution is 2.21. The first kappa shape index (κ1) is 14.8. The van der Waals surface area contributed by atoms with Crippen molar-refractivity contribution >= 4 is 17.6 Å². The maximum absolute atomic E-state index is 12.4. The van der Waals surface area contributed by atoms with Crippen LogP contribution in [0.3, 0.4) is 0 Å². The normalized spacial score (nSPS) is 10.3. The molecule has 5 heteroatoms. The molecule has 0 unspecified atom stereocenters. The average molecular weight is 286 g/mol. The Bertz CT molecular complexity index is 702. The van der Waals surface area contributed by atoms with Crippen LogP contribution in [0.2, 0.25) is 0 Å². The van der Waals surface area contributed by atoms with Crippen molar-refractivity contribution in [1.82, 2.24) is 4.98 Å². The third kappa shape index (κ3) is 2.81. The Morgan fingerprint density at radius 3 is 2.43 bits per heavy atom. The Balaban J connectivity index is 2.33. The second-order valence-electron chi connectivity index (χ2n) is 4.89. The predicted molar refractivity (Wildman–Crippen MR) is 80.7 cm³/mol. The second-order valence-corrected chi connectivity index (χ2v) is 4.89.